The molecular formula is C100H121N19O21. The van der Waals surface area contributed by atoms with Crippen LogP contribution in [-0.2, 0) is 135 Å². The fourth-order valence-corrected chi connectivity index (χ4v) is 17.1. The maximum Gasteiger partial charge on any atom is 0.407 e. The molecule has 0 aliphatic heterocycles. The molecule has 5 aliphatic carbocycles. The summed E-state index contributed by atoms with van der Waals surface area (Å²) >= 11 is 0. The van der Waals surface area contributed by atoms with Crippen molar-refractivity contribution in [3.63, 3.8) is 0 Å². The molecule has 0 bridgehead atoms. The number of alkyl carbamates (subject to hydrolysis) is 3. The van der Waals surface area contributed by atoms with Crippen molar-refractivity contribution >= 4 is 48.1 Å². The molecule has 140 heavy (non-hydrogen) atoms. The lowest BCUT2D eigenvalue weighted by atomic mass is 9.86. The van der Waals surface area contributed by atoms with Gasteiger partial charge in [0.15, 0.2) is 0 Å². The number of carbonyl (C=O) groups excluding carboxylic acids is 4. The zero-order valence-electron chi connectivity index (χ0n) is 79.9. The molecule has 40 nitrogen and oxygen atoms in total. The van der Waals surface area contributed by atoms with E-state index in [2.05, 4.69) is 67.2 Å². The lowest BCUT2D eigenvalue weighted by Crippen LogP contribution is -2.29. The molecule has 5 aliphatic rings. The number of carbonyl (C=O) groups is 8. The van der Waals surface area contributed by atoms with E-state index in [0.717, 1.165) is 86.6 Å². The molecule has 16 rings (SSSR count). The van der Waals surface area contributed by atoms with Crippen molar-refractivity contribution in [1.82, 2.24) is 95.9 Å². The molecular weight excluding hydrogens is 1800 g/mol. The van der Waals surface area contributed by atoms with Gasteiger partial charge < -0.3 is 79.0 Å². The van der Waals surface area contributed by atoms with E-state index >= 15 is 0 Å². The molecule has 742 valence electrons. The molecule has 0 radical (unpaired) electrons. The van der Waals surface area contributed by atoms with E-state index in [4.69, 9.17) is 52.6 Å². The first kappa shape index (κ1) is 103. The van der Waals surface area contributed by atoms with E-state index in [0.29, 0.717) is 179 Å². The number of methoxy groups -OCH3 is 1. The Morgan fingerprint density at radius 1 is 0.357 bits per heavy atom. The Kier molecular flexibility index (Phi) is 37.0. The number of nitrogens with one attached hydrogen (secondary N) is 3. The average molecular weight is 1930 g/mol. The van der Waals surface area contributed by atoms with Gasteiger partial charge in [-0.2, -0.15) is 0 Å². The molecule has 5 saturated carbocycles. The van der Waals surface area contributed by atoms with E-state index in [1.807, 2.05) is 136 Å². The monoisotopic (exact) mass is 1920 g/mol. The van der Waals surface area contributed by atoms with Crippen molar-refractivity contribution in [1.29, 1.82) is 0 Å². The minimum Gasteiger partial charge on any atom is -0.489 e. The minimum absolute atomic E-state index is 0.0865. The Morgan fingerprint density at radius 3 is 0.971 bits per heavy atom. The van der Waals surface area contributed by atoms with Crippen molar-refractivity contribution in [3.8, 4) is 68.5 Å². The molecule has 11 aromatic rings. The molecule has 8 atom stereocenters. The highest BCUT2D eigenvalue weighted by Gasteiger charge is 2.35. The van der Waals surface area contributed by atoms with Gasteiger partial charge in [-0.25, -0.2) is 48.4 Å². The van der Waals surface area contributed by atoms with E-state index < -0.39 is 48.1 Å². The number of benzene rings is 3. The van der Waals surface area contributed by atoms with Crippen molar-refractivity contribution in [2.45, 2.75) is 226 Å². The summed E-state index contributed by atoms with van der Waals surface area (Å²) in [5.41, 5.74) is 12.6. The molecule has 0 saturated heterocycles. The number of esters is 1. The van der Waals surface area contributed by atoms with Crippen molar-refractivity contribution in [3.05, 3.63) is 202 Å². The largest absolute Gasteiger partial charge is 0.489 e. The van der Waals surface area contributed by atoms with E-state index in [1.54, 1.807) is 78.3 Å². The van der Waals surface area contributed by atoms with Gasteiger partial charge in [0.1, 0.15) is 71.3 Å². The molecule has 5 fully saturated rings. The normalized spacial score (nSPS) is 18.2. The third-order valence-electron chi connectivity index (χ3n) is 25.2. The smallest absolute Gasteiger partial charge is 0.407 e. The van der Waals surface area contributed by atoms with Crippen molar-refractivity contribution < 1.29 is 101 Å². The predicted octanol–water partition coefficient (Wildman–Crippen LogP) is 14.1. The topological polar surface area (TPSA) is 511 Å². The Labute approximate surface area is 809 Å². The summed E-state index contributed by atoms with van der Waals surface area (Å²) in [7, 11) is 8.55. The van der Waals surface area contributed by atoms with Gasteiger partial charge >= 0.3 is 48.1 Å². The third-order valence-corrected chi connectivity index (χ3v) is 25.2. The number of aliphatic carboxylic acids is 4. The molecule has 0 unspecified atom stereocenters. The number of aryl methyl sites for hydroxylation is 7. The summed E-state index contributed by atoms with van der Waals surface area (Å²) in [6.45, 7) is 7.37. The minimum atomic E-state index is -0.786. The Hall–Kier alpha value is -14.9. The number of nitrogens with zero attached hydrogens (tertiary/aromatic N) is 16. The highest BCUT2D eigenvalue weighted by atomic mass is 16.6. The summed E-state index contributed by atoms with van der Waals surface area (Å²) in [5, 5.41) is 78.9. The number of rotatable bonds is 35. The quantitative estimate of drug-likeness (QED) is 0.0143. The fourth-order valence-electron chi connectivity index (χ4n) is 17.1. The molecule has 3 aromatic carbocycles. The van der Waals surface area contributed by atoms with E-state index in [-0.39, 0.29) is 101 Å². The second-order valence-electron chi connectivity index (χ2n) is 35.3. The molecule has 3 amide bonds. The Morgan fingerprint density at radius 2 is 0.657 bits per heavy atom. The van der Waals surface area contributed by atoms with Crippen LogP contribution >= 0.6 is 0 Å². The van der Waals surface area contributed by atoms with Crippen LogP contribution in [0.5, 0.6) is 23.0 Å². The van der Waals surface area contributed by atoms with Gasteiger partial charge in [-0.05, 0) is 207 Å². The lowest BCUT2D eigenvalue weighted by Gasteiger charge is -2.28. The second-order valence-corrected chi connectivity index (χ2v) is 35.3. The van der Waals surface area contributed by atoms with Crippen LogP contribution in [0.25, 0.3) is 45.6 Å². The van der Waals surface area contributed by atoms with Gasteiger partial charge in [0.2, 0.25) is 0 Å². The van der Waals surface area contributed by atoms with Crippen LogP contribution in [0.2, 0.25) is 0 Å². The van der Waals surface area contributed by atoms with Gasteiger partial charge in [-0.3, -0.25) is 28.7 Å². The zero-order valence-corrected chi connectivity index (χ0v) is 79.9. The maximum absolute atomic E-state index is 12.3. The van der Waals surface area contributed by atoms with E-state index in [1.165, 1.54) is 6.42 Å². The molecule has 7 N–H and O–H groups in total. The first-order chi connectivity index (χ1) is 67.7. The summed E-state index contributed by atoms with van der Waals surface area (Å²) in [6.07, 6.45) is 13.2. The van der Waals surface area contributed by atoms with Gasteiger partial charge in [-0.15, -0.1) is 20.4 Å². The van der Waals surface area contributed by atoms with Crippen LogP contribution < -0.4 is 34.9 Å². The van der Waals surface area contributed by atoms with Crippen LogP contribution in [-0.4, -0.2) is 187 Å². The number of ether oxygens (including phenoxy) is 9. The number of carboxylic acid groups (broad SMARTS) is 4. The second kappa shape index (κ2) is 50.5. The fraction of sp³-hybridized carbons (Fsp3) is 0.460. The summed E-state index contributed by atoms with van der Waals surface area (Å²) in [6, 6.07) is 42.8. The first-order valence-electron chi connectivity index (χ1n) is 47.3. The summed E-state index contributed by atoms with van der Waals surface area (Å²) in [4.78, 5) is 113. The number of amides is 3. The number of aromatic nitrogens is 16. The number of carboxylic acids is 4. The van der Waals surface area contributed by atoms with Gasteiger partial charge in [-0.1, -0.05) is 125 Å². The first-order valence-corrected chi connectivity index (χ1v) is 47.3. The number of hydrogen-bond donors (Lipinski definition) is 7. The van der Waals surface area contributed by atoms with Gasteiger partial charge in [0.05, 0.1) is 150 Å². The number of hydrogen-bond acceptors (Lipinski definition) is 29. The molecule has 8 heterocycles. The third kappa shape index (κ3) is 29.1. The SMILES string of the molecule is CCc1nc(-c2nnn(C)c2CNC(=O)OCc2ccccc2)ccc1O[C@H]1CCC[C@H](C(=O)O)C1.COCc1nc(-c2nnn(C)c2CNC(=O)OCc2ccccc2)ccc1O[C@H]1CCC[C@H](C(=O)O)C1.Cc1nc(-c2nnn(C)c2CC(=O)OCC2CCC2)ccc1O[C@H]1CCC[C@H](C(=O)O)C1.Cc1nc(-c2nnn(C)c2CNC(=O)OCc2ccccc2)ccc1O[C@H]1CCC[C@H](C(=O)O)C1. The van der Waals surface area contributed by atoms with Crippen LogP contribution in [0.15, 0.2) is 140 Å². The van der Waals surface area contributed by atoms with Crippen LogP contribution in [0.4, 0.5) is 14.4 Å². The van der Waals surface area contributed by atoms with E-state index in [9.17, 15) is 58.8 Å². The van der Waals surface area contributed by atoms with Crippen LogP contribution in [0.1, 0.15) is 191 Å². The van der Waals surface area contributed by atoms with Crippen LogP contribution in [0, 0.1) is 43.4 Å². The highest BCUT2D eigenvalue weighted by molar-refractivity contribution is 5.76. The summed E-state index contributed by atoms with van der Waals surface area (Å²) in [5.74, 6) is -1.88. The van der Waals surface area contributed by atoms with Gasteiger partial charge in [0.25, 0.3) is 0 Å². The van der Waals surface area contributed by atoms with Gasteiger partial charge in [0, 0.05) is 35.3 Å². The van der Waals surface area contributed by atoms with Crippen molar-refractivity contribution in [2.75, 3.05) is 13.7 Å². The number of pyridine rings is 4. The molecule has 0 spiro atoms. The van der Waals surface area contributed by atoms with Crippen LogP contribution in [0.3, 0.4) is 0 Å². The maximum atomic E-state index is 12.3. The Balaban J connectivity index is 0.000000157. The zero-order chi connectivity index (χ0) is 99.1. The molecule has 40 heteroatoms. The standard InChI is InChI=1S/C26H31N5O6.C26H31N5O5.C25H29N5O5.C23H30N4O5/c1-31-22(14-27-26(34)36-15-17-7-4-3-5-8-17)24(29-30-31)20-11-12-23(21(28-20)16-35-2)37-19-10-6-9-18(13-19)25(32)33;1-3-20-23(36-19-11-7-10-18(14-19)25(32)33)13-12-21(28-20)24-22(31(2)30-29-24)15-27-26(34)35-16-17-8-5-4-6-9-17;1-16-22(35-19-10-6-9-18(13-19)24(31)32)12-11-20(27-16)23-21(30(2)29-28-23)14-26-25(33)34-15-17-7-4-3-5-8-17;1-14-20(32-17-8-4-7-16(11-17)23(29)30)10-9-18(24-14)22-19(27(2)26-25-22)12-21(28)31-13-15-5-3-6-15/h3-5,7-8,11-12,18-19H,6,9-10,13-16H2,1-2H3,(H,27,34)(H,32,33);4-6,8-9,12-13,18-19H,3,7,10-11,14-16H2,1-2H3,(H,27,34)(H,32,33);3-5,7-8,11-12,18-19H,6,9-10,13-15H2,1-2H3,(H,26,33)(H,31,32);9-10,15-17H,3-8,11-13H2,1-2H3,(H,29,30)/t3*18-,19-;16-,17-/m0000/s1. The van der Waals surface area contributed by atoms with Crippen molar-refractivity contribution in [2.24, 2.45) is 57.8 Å². The lowest BCUT2D eigenvalue weighted by molar-refractivity contribution is -0.145. The molecule has 8 aromatic heterocycles. The summed E-state index contributed by atoms with van der Waals surface area (Å²) < 4.78 is 57.5. The average Bonchev–Trinajstić information content (AvgIpc) is 1.62. The predicted molar refractivity (Wildman–Crippen MR) is 505 cm³/mol. The highest BCUT2D eigenvalue weighted by Crippen LogP contribution is 2.38. The Bertz CT molecular complexity index is 6010.